The quantitative estimate of drug-likeness (QED) is 0.795. The summed E-state index contributed by atoms with van der Waals surface area (Å²) >= 11 is 0. The molecule has 0 unspecified atom stereocenters. The maximum atomic E-state index is 12.9. The molecule has 1 heterocycles. The molecule has 0 atom stereocenters. The van der Waals surface area contributed by atoms with Crippen molar-refractivity contribution < 1.29 is 18.0 Å². The first-order valence-corrected chi connectivity index (χ1v) is 9.19. The lowest BCUT2D eigenvalue weighted by molar-refractivity contribution is -0.137. The van der Waals surface area contributed by atoms with Gasteiger partial charge in [0.1, 0.15) is 0 Å². The van der Waals surface area contributed by atoms with Gasteiger partial charge in [-0.3, -0.25) is 9.69 Å². The fourth-order valence-electron chi connectivity index (χ4n) is 3.30. The van der Waals surface area contributed by atoms with E-state index < -0.39 is 11.7 Å². The van der Waals surface area contributed by atoms with Gasteiger partial charge in [0.2, 0.25) is 0 Å². The van der Waals surface area contributed by atoms with Gasteiger partial charge in [-0.05, 0) is 35.9 Å². The van der Waals surface area contributed by atoms with Gasteiger partial charge in [-0.1, -0.05) is 18.2 Å². The van der Waals surface area contributed by atoms with E-state index >= 15 is 0 Å². The highest BCUT2D eigenvalue weighted by molar-refractivity contribution is 5.94. The van der Waals surface area contributed by atoms with Crippen LogP contribution in [-0.4, -0.2) is 56.0 Å². The summed E-state index contributed by atoms with van der Waals surface area (Å²) in [6.07, 6.45) is -4.33. The lowest BCUT2D eigenvalue weighted by atomic mass is 10.1. The molecule has 4 nitrogen and oxygen atoms in total. The molecule has 1 aliphatic rings. The standard InChI is InChI=1S/C21H24F3N3O/c1-25(2)19-8-6-17(7-9-19)20(28)27-12-10-26(11-13-27)15-16-4-3-5-18(14-16)21(22,23)24/h3-9,14H,10-13,15H2,1-2H3. The minimum absolute atomic E-state index is 0.0102. The van der Waals surface area contributed by atoms with Gasteiger partial charge < -0.3 is 9.80 Å². The molecule has 2 aromatic rings. The normalized spacial score (nSPS) is 15.5. The number of amides is 1. The third kappa shape index (κ3) is 4.84. The highest BCUT2D eigenvalue weighted by Gasteiger charge is 2.30. The topological polar surface area (TPSA) is 26.8 Å². The van der Waals surface area contributed by atoms with E-state index in [0.29, 0.717) is 43.9 Å². The Kier molecular flexibility index (Phi) is 5.93. The number of anilines is 1. The number of carbonyl (C=O) groups is 1. The van der Waals surface area contributed by atoms with E-state index in [1.54, 1.807) is 11.0 Å². The molecule has 1 amide bonds. The largest absolute Gasteiger partial charge is 0.416 e. The average Bonchev–Trinajstić information content (AvgIpc) is 2.68. The molecule has 0 bridgehead atoms. The van der Waals surface area contributed by atoms with Crippen LogP contribution in [0.3, 0.4) is 0 Å². The van der Waals surface area contributed by atoms with Gasteiger partial charge in [0.15, 0.2) is 0 Å². The molecule has 3 rings (SSSR count). The lowest BCUT2D eigenvalue weighted by Crippen LogP contribution is -2.48. The van der Waals surface area contributed by atoms with Crippen LogP contribution < -0.4 is 4.90 Å². The summed E-state index contributed by atoms with van der Waals surface area (Å²) in [6.45, 7) is 2.85. The van der Waals surface area contributed by atoms with Crippen LogP contribution in [0, 0.1) is 0 Å². The van der Waals surface area contributed by atoms with Gasteiger partial charge in [0.05, 0.1) is 5.56 Å². The summed E-state index contributed by atoms with van der Waals surface area (Å²) in [4.78, 5) is 18.5. The number of carbonyl (C=O) groups excluding carboxylic acids is 1. The van der Waals surface area contributed by atoms with Crippen molar-refractivity contribution in [2.75, 3.05) is 45.2 Å². The molecular weight excluding hydrogens is 367 g/mol. The minimum atomic E-state index is -4.33. The Hall–Kier alpha value is -2.54. The van der Waals surface area contributed by atoms with Crippen LogP contribution in [0.5, 0.6) is 0 Å². The molecule has 7 heteroatoms. The van der Waals surface area contributed by atoms with Crippen molar-refractivity contribution in [1.29, 1.82) is 0 Å². The number of piperazine rings is 1. The highest BCUT2D eigenvalue weighted by atomic mass is 19.4. The Balaban J connectivity index is 1.56. The molecular formula is C21H24F3N3O. The second kappa shape index (κ2) is 8.22. The molecule has 28 heavy (non-hydrogen) atoms. The van der Waals surface area contributed by atoms with Crippen molar-refractivity contribution >= 4 is 11.6 Å². The van der Waals surface area contributed by atoms with E-state index in [9.17, 15) is 18.0 Å². The zero-order chi connectivity index (χ0) is 20.3. The van der Waals surface area contributed by atoms with Gasteiger partial charge in [0, 0.05) is 58.1 Å². The zero-order valence-electron chi connectivity index (χ0n) is 16.0. The third-order valence-corrected chi connectivity index (χ3v) is 4.95. The van der Waals surface area contributed by atoms with E-state index in [2.05, 4.69) is 4.90 Å². The molecule has 1 aliphatic heterocycles. The van der Waals surface area contributed by atoms with Gasteiger partial charge in [0.25, 0.3) is 5.91 Å². The fourth-order valence-corrected chi connectivity index (χ4v) is 3.30. The van der Waals surface area contributed by atoms with Gasteiger partial charge in [-0.15, -0.1) is 0 Å². The van der Waals surface area contributed by atoms with Crippen LogP contribution in [0.1, 0.15) is 21.5 Å². The van der Waals surface area contributed by atoms with Gasteiger partial charge in [-0.2, -0.15) is 13.2 Å². The maximum Gasteiger partial charge on any atom is 0.416 e. The molecule has 2 aromatic carbocycles. The Morgan fingerprint density at radius 1 is 1.00 bits per heavy atom. The predicted molar refractivity (Wildman–Crippen MR) is 103 cm³/mol. The first-order valence-electron chi connectivity index (χ1n) is 9.19. The second-order valence-electron chi connectivity index (χ2n) is 7.21. The van der Waals surface area contributed by atoms with Crippen LogP contribution in [-0.2, 0) is 12.7 Å². The van der Waals surface area contributed by atoms with Gasteiger partial charge >= 0.3 is 6.18 Å². The number of nitrogens with zero attached hydrogens (tertiary/aromatic N) is 3. The fraction of sp³-hybridized carbons (Fsp3) is 0.381. The molecule has 0 aliphatic carbocycles. The third-order valence-electron chi connectivity index (χ3n) is 4.95. The van der Waals surface area contributed by atoms with Crippen molar-refractivity contribution in [1.82, 2.24) is 9.80 Å². The number of hydrogen-bond donors (Lipinski definition) is 0. The van der Waals surface area contributed by atoms with E-state index in [-0.39, 0.29) is 5.91 Å². The molecule has 0 spiro atoms. The summed E-state index contributed by atoms with van der Waals surface area (Å²) in [5.74, 6) is -0.0102. The van der Waals surface area contributed by atoms with E-state index in [1.807, 2.05) is 43.3 Å². The number of rotatable bonds is 4. The summed E-state index contributed by atoms with van der Waals surface area (Å²) in [5, 5.41) is 0. The Morgan fingerprint density at radius 2 is 1.64 bits per heavy atom. The first-order chi connectivity index (χ1) is 13.2. The first kappa shape index (κ1) is 20.2. The highest BCUT2D eigenvalue weighted by Crippen LogP contribution is 2.29. The van der Waals surface area contributed by atoms with Crippen molar-refractivity contribution in [3.05, 3.63) is 65.2 Å². The maximum absolute atomic E-state index is 12.9. The molecule has 0 radical (unpaired) electrons. The SMILES string of the molecule is CN(C)c1ccc(C(=O)N2CCN(Cc3cccc(C(F)(F)F)c3)CC2)cc1. The Bertz CT molecular complexity index is 810. The predicted octanol–water partition coefficient (Wildman–Crippen LogP) is 3.73. The summed E-state index contributed by atoms with van der Waals surface area (Å²) in [5.41, 5.74) is 1.69. The van der Waals surface area contributed by atoms with Crippen molar-refractivity contribution in [3.63, 3.8) is 0 Å². The van der Waals surface area contributed by atoms with Crippen LogP contribution >= 0.6 is 0 Å². The van der Waals surface area contributed by atoms with Crippen LogP contribution in [0.4, 0.5) is 18.9 Å². The second-order valence-corrected chi connectivity index (χ2v) is 7.21. The zero-order valence-corrected chi connectivity index (χ0v) is 16.0. The molecule has 0 saturated carbocycles. The Labute approximate surface area is 163 Å². The molecule has 0 N–H and O–H groups in total. The van der Waals surface area contributed by atoms with E-state index in [4.69, 9.17) is 0 Å². The van der Waals surface area contributed by atoms with E-state index in [1.165, 1.54) is 12.1 Å². The minimum Gasteiger partial charge on any atom is -0.378 e. The monoisotopic (exact) mass is 391 g/mol. The number of benzene rings is 2. The van der Waals surface area contributed by atoms with Crippen LogP contribution in [0.15, 0.2) is 48.5 Å². The Morgan fingerprint density at radius 3 is 2.21 bits per heavy atom. The molecule has 150 valence electrons. The number of halogens is 3. The van der Waals surface area contributed by atoms with Crippen molar-refractivity contribution in [2.24, 2.45) is 0 Å². The summed E-state index contributed by atoms with van der Waals surface area (Å²) in [7, 11) is 3.89. The molecule has 1 saturated heterocycles. The summed E-state index contributed by atoms with van der Waals surface area (Å²) in [6, 6.07) is 12.9. The van der Waals surface area contributed by atoms with Crippen LogP contribution in [0.2, 0.25) is 0 Å². The van der Waals surface area contributed by atoms with Crippen LogP contribution in [0.25, 0.3) is 0 Å². The number of alkyl halides is 3. The molecule has 1 fully saturated rings. The number of hydrogen-bond acceptors (Lipinski definition) is 3. The van der Waals surface area contributed by atoms with E-state index in [0.717, 1.165) is 11.8 Å². The van der Waals surface area contributed by atoms with Gasteiger partial charge in [-0.25, -0.2) is 0 Å². The van der Waals surface area contributed by atoms with Crippen molar-refractivity contribution in [3.8, 4) is 0 Å². The van der Waals surface area contributed by atoms with Crippen molar-refractivity contribution in [2.45, 2.75) is 12.7 Å². The molecule has 0 aromatic heterocycles. The lowest BCUT2D eigenvalue weighted by Gasteiger charge is -2.35. The summed E-state index contributed by atoms with van der Waals surface area (Å²) < 4.78 is 38.6. The average molecular weight is 391 g/mol. The smallest absolute Gasteiger partial charge is 0.378 e.